The predicted molar refractivity (Wildman–Crippen MR) is 84.5 cm³/mol. The molecule has 0 radical (unpaired) electrons. The molecular formula is C15H26N2O3S. The van der Waals surface area contributed by atoms with Crippen LogP contribution < -0.4 is 0 Å². The summed E-state index contributed by atoms with van der Waals surface area (Å²) in [5, 5.41) is 0.180. The van der Waals surface area contributed by atoms with Gasteiger partial charge in [-0.1, -0.05) is 0 Å². The highest BCUT2D eigenvalue weighted by atomic mass is 32.1. The zero-order valence-corrected chi connectivity index (χ0v) is 14.1. The molecule has 6 heteroatoms. The molecule has 2 amide bonds. The van der Waals surface area contributed by atoms with Crippen LogP contribution in [0.15, 0.2) is 0 Å². The fourth-order valence-electron chi connectivity index (χ4n) is 2.86. The van der Waals surface area contributed by atoms with Gasteiger partial charge in [0.1, 0.15) is 5.60 Å². The third kappa shape index (κ3) is 4.80. The van der Waals surface area contributed by atoms with Gasteiger partial charge < -0.3 is 14.5 Å². The lowest BCUT2D eigenvalue weighted by atomic mass is 9.96. The van der Waals surface area contributed by atoms with Crippen LogP contribution in [-0.2, 0) is 9.53 Å². The molecule has 5 nitrogen and oxygen atoms in total. The minimum atomic E-state index is -0.447. The molecule has 0 N–H and O–H groups in total. The van der Waals surface area contributed by atoms with Crippen LogP contribution in [0, 0.1) is 5.92 Å². The minimum absolute atomic E-state index is 0.180. The molecule has 120 valence electrons. The number of thiol groups is 1. The topological polar surface area (TPSA) is 49.9 Å². The van der Waals surface area contributed by atoms with E-state index in [1.54, 1.807) is 4.90 Å². The van der Waals surface area contributed by atoms with Gasteiger partial charge >= 0.3 is 6.09 Å². The van der Waals surface area contributed by atoms with Crippen LogP contribution in [0.2, 0.25) is 0 Å². The summed E-state index contributed by atoms with van der Waals surface area (Å²) in [6, 6.07) is 0. The first-order chi connectivity index (χ1) is 9.74. The summed E-state index contributed by atoms with van der Waals surface area (Å²) in [5.74, 6) is 0.691. The average Bonchev–Trinajstić information content (AvgIpc) is 2.66. The van der Waals surface area contributed by atoms with E-state index in [1.807, 2.05) is 25.7 Å². The standard InChI is InChI=1S/C15H26N2O3S/c1-15(2,3)20-14(19)16-6-4-11(5-7-16)9-17-10-12(21)8-13(17)18/h11-12,21H,4-10H2,1-3H3. The molecule has 21 heavy (non-hydrogen) atoms. The molecule has 0 aromatic heterocycles. The average molecular weight is 314 g/mol. The molecule has 2 aliphatic heterocycles. The van der Waals surface area contributed by atoms with Crippen LogP contribution in [0.3, 0.4) is 0 Å². The van der Waals surface area contributed by atoms with Gasteiger partial charge in [0, 0.05) is 37.8 Å². The fourth-order valence-corrected chi connectivity index (χ4v) is 3.22. The van der Waals surface area contributed by atoms with Crippen LogP contribution in [0.5, 0.6) is 0 Å². The van der Waals surface area contributed by atoms with Gasteiger partial charge in [-0.3, -0.25) is 4.79 Å². The number of hydrogen-bond donors (Lipinski definition) is 1. The Bertz CT molecular complexity index is 400. The third-order valence-electron chi connectivity index (χ3n) is 3.94. The van der Waals surface area contributed by atoms with Crippen LogP contribution in [0.4, 0.5) is 4.79 Å². The van der Waals surface area contributed by atoms with E-state index in [1.165, 1.54) is 0 Å². The monoisotopic (exact) mass is 314 g/mol. The summed E-state index contributed by atoms with van der Waals surface area (Å²) in [7, 11) is 0. The van der Waals surface area contributed by atoms with E-state index < -0.39 is 5.60 Å². The lowest BCUT2D eigenvalue weighted by Gasteiger charge is -2.34. The van der Waals surface area contributed by atoms with Crippen molar-refractivity contribution in [2.24, 2.45) is 5.92 Å². The maximum atomic E-state index is 12.0. The van der Waals surface area contributed by atoms with Gasteiger partial charge in [-0.05, 0) is 39.5 Å². The molecule has 2 saturated heterocycles. The van der Waals surface area contributed by atoms with E-state index in [2.05, 4.69) is 12.6 Å². The maximum absolute atomic E-state index is 12.0. The Morgan fingerprint density at radius 3 is 2.43 bits per heavy atom. The van der Waals surface area contributed by atoms with E-state index in [9.17, 15) is 9.59 Å². The zero-order valence-electron chi connectivity index (χ0n) is 13.2. The SMILES string of the molecule is CC(C)(C)OC(=O)N1CCC(CN2CC(S)CC2=O)CC1. The molecule has 2 rings (SSSR count). The molecule has 0 aromatic rings. The third-order valence-corrected chi connectivity index (χ3v) is 4.28. The van der Waals surface area contributed by atoms with E-state index in [0.29, 0.717) is 25.4 Å². The molecule has 1 atom stereocenters. The Kier molecular flexibility index (Phi) is 5.07. The summed E-state index contributed by atoms with van der Waals surface area (Å²) < 4.78 is 5.39. The summed E-state index contributed by atoms with van der Waals surface area (Å²) in [6.45, 7) is 8.63. The summed E-state index contributed by atoms with van der Waals surface area (Å²) in [5.41, 5.74) is -0.447. The molecular weight excluding hydrogens is 288 g/mol. The predicted octanol–water partition coefficient (Wildman–Crippen LogP) is 2.16. The van der Waals surface area contributed by atoms with Crippen molar-refractivity contribution in [1.29, 1.82) is 0 Å². The van der Waals surface area contributed by atoms with Crippen molar-refractivity contribution in [1.82, 2.24) is 9.80 Å². The van der Waals surface area contributed by atoms with Crippen LogP contribution in [0.25, 0.3) is 0 Å². The second-order valence-electron chi connectivity index (χ2n) is 7.07. The smallest absolute Gasteiger partial charge is 0.410 e. The Hall–Kier alpha value is -0.910. The van der Waals surface area contributed by atoms with Gasteiger partial charge in [0.15, 0.2) is 0 Å². The highest BCUT2D eigenvalue weighted by Crippen LogP contribution is 2.24. The molecule has 0 aliphatic carbocycles. The van der Waals surface area contributed by atoms with Crippen LogP contribution in [-0.4, -0.2) is 58.8 Å². The Labute approximate surface area is 132 Å². The zero-order chi connectivity index (χ0) is 15.6. The second-order valence-corrected chi connectivity index (χ2v) is 7.80. The quantitative estimate of drug-likeness (QED) is 0.795. The Morgan fingerprint density at radius 1 is 1.33 bits per heavy atom. The molecule has 0 aromatic carbocycles. The normalized spacial score (nSPS) is 24.6. The number of likely N-dealkylation sites (tertiary alicyclic amines) is 2. The largest absolute Gasteiger partial charge is 0.444 e. The molecule has 2 aliphatic rings. The van der Waals surface area contributed by atoms with Gasteiger partial charge in [-0.2, -0.15) is 12.6 Å². The van der Waals surface area contributed by atoms with E-state index in [4.69, 9.17) is 4.74 Å². The van der Waals surface area contributed by atoms with Gasteiger partial charge in [-0.25, -0.2) is 4.79 Å². The number of carbonyl (C=O) groups excluding carboxylic acids is 2. The first-order valence-electron chi connectivity index (χ1n) is 7.68. The molecule has 1 unspecified atom stereocenters. The fraction of sp³-hybridized carbons (Fsp3) is 0.867. The lowest BCUT2D eigenvalue weighted by molar-refractivity contribution is -0.128. The van der Waals surface area contributed by atoms with Crippen molar-refractivity contribution in [2.45, 2.75) is 50.9 Å². The van der Waals surface area contributed by atoms with Gasteiger partial charge in [-0.15, -0.1) is 0 Å². The van der Waals surface area contributed by atoms with Crippen molar-refractivity contribution in [3.8, 4) is 0 Å². The van der Waals surface area contributed by atoms with Crippen LogP contribution in [0.1, 0.15) is 40.0 Å². The molecule has 2 fully saturated rings. The second kappa shape index (κ2) is 6.46. The van der Waals surface area contributed by atoms with E-state index >= 15 is 0 Å². The first kappa shape index (κ1) is 16.5. The van der Waals surface area contributed by atoms with Crippen molar-refractivity contribution < 1.29 is 14.3 Å². The first-order valence-corrected chi connectivity index (χ1v) is 8.20. The number of nitrogens with zero attached hydrogens (tertiary/aromatic N) is 2. The Morgan fingerprint density at radius 2 is 1.95 bits per heavy atom. The summed E-state index contributed by atoms with van der Waals surface area (Å²) in [4.78, 5) is 27.5. The number of piperidine rings is 1. The summed E-state index contributed by atoms with van der Waals surface area (Å²) >= 11 is 4.38. The maximum Gasteiger partial charge on any atom is 0.410 e. The number of rotatable bonds is 2. The molecule has 0 spiro atoms. The Balaban J connectivity index is 1.76. The molecule has 0 bridgehead atoms. The minimum Gasteiger partial charge on any atom is -0.444 e. The van der Waals surface area contributed by atoms with Crippen LogP contribution >= 0.6 is 12.6 Å². The van der Waals surface area contributed by atoms with Gasteiger partial charge in [0.2, 0.25) is 5.91 Å². The van der Waals surface area contributed by atoms with Crippen molar-refractivity contribution in [2.75, 3.05) is 26.2 Å². The highest BCUT2D eigenvalue weighted by molar-refractivity contribution is 7.81. The lowest BCUT2D eigenvalue weighted by Crippen LogP contribution is -2.44. The number of ether oxygens (including phenoxy) is 1. The molecule has 0 saturated carbocycles. The van der Waals surface area contributed by atoms with Gasteiger partial charge in [0.05, 0.1) is 0 Å². The van der Waals surface area contributed by atoms with Crippen molar-refractivity contribution in [3.63, 3.8) is 0 Å². The number of hydrogen-bond acceptors (Lipinski definition) is 4. The molecule has 2 heterocycles. The number of amides is 2. The highest BCUT2D eigenvalue weighted by Gasteiger charge is 2.32. The number of carbonyl (C=O) groups is 2. The van der Waals surface area contributed by atoms with Crippen molar-refractivity contribution >= 4 is 24.6 Å². The summed E-state index contributed by atoms with van der Waals surface area (Å²) in [6.07, 6.45) is 2.19. The van der Waals surface area contributed by atoms with Crippen molar-refractivity contribution in [3.05, 3.63) is 0 Å². The van der Waals surface area contributed by atoms with E-state index in [-0.39, 0.29) is 17.3 Å². The van der Waals surface area contributed by atoms with E-state index in [0.717, 1.165) is 25.9 Å². The van der Waals surface area contributed by atoms with Gasteiger partial charge in [0.25, 0.3) is 0 Å².